The minimum Gasteiger partial charge on any atom is -0.507 e. The van der Waals surface area contributed by atoms with Gasteiger partial charge < -0.3 is 68.9 Å². The van der Waals surface area contributed by atoms with Crippen LogP contribution in [-0.2, 0) is 51.8 Å². The number of rotatable bonds is 13. The summed E-state index contributed by atoms with van der Waals surface area (Å²) in [5.41, 5.74) is 71.8. The van der Waals surface area contributed by atoms with Gasteiger partial charge in [-0.1, -0.05) is 165 Å². The Morgan fingerprint density at radius 1 is 0.300 bits per heavy atom. The average Bonchev–Trinajstić information content (AvgIpc) is 1.72. The van der Waals surface area contributed by atoms with Gasteiger partial charge in [0.2, 0.25) is 0 Å². The Kier molecular flexibility index (Phi) is 33.4. The van der Waals surface area contributed by atoms with E-state index in [1.54, 1.807) is 73.6 Å². The lowest BCUT2D eigenvalue weighted by atomic mass is 9.62. The number of fused-ring (bicyclic) bond motifs is 6. The number of phenols is 1. The van der Waals surface area contributed by atoms with Gasteiger partial charge in [-0.25, -0.2) is 29.9 Å². The molecule has 3 unspecified atom stereocenters. The van der Waals surface area contributed by atoms with Crippen molar-refractivity contribution in [2.45, 2.75) is 372 Å². The van der Waals surface area contributed by atoms with Gasteiger partial charge in [-0.05, 0) is 345 Å². The third-order valence-electron chi connectivity index (χ3n) is 36.0. The summed E-state index contributed by atoms with van der Waals surface area (Å²) in [5.74, 6) is 3.14. The first-order valence-electron chi connectivity index (χ1n) is 56.9. The number of aromatic hydroxyl groups is 1. The molecule has 150 heavy (non-hydrogen) atoms. The van der Waals surface area contributed by atoms with E-state index >= 15 is 0 Å². The van der Waals surface area contributed by atoms with E-state index in [9.17, 15) is 5.11 Å². The van der Waals surface area contributed by atoms with Gasteiger partial charge >= 0.3 is 0 Å². The van der Waals surface area contributed by atoms with Gasteiger partial charge in [0.15, 0.2) is 30.8 Å². The molecule has 24 rings (SSSR count). The van der Waals surface area contributed by atoms with Gasteiger partial charge in [-0.3, -0.25) is 0 Å². The van der Waals surface area contributed by atoms with Crippen molar-refractivity contribution < 1.29 is 5.11 Å². The quantitative estimate of drug-likeness (QED) is 0.0565. The Morgan fingerprint density at radius 3 is 1.07 bits per heavy atom. The molecule has 0 amide bonds. The molecule has 13 N–H and O–H groups in total. The second-order valence-electron chi connectivity index (χ2n) is 50.5. The summed E-state index contributed by atoms with van der Waals surface area (Å²) >= 11 is 10.5. The molecular weight excluding hydrogens is 1960 g/mol. The summed E-state index contributed by atoms with van der Waals surface area (Å²) < 4.78 is 0. The third kappa shape index (κ3) is 24.5. The van der Waals surface area contributed by atoms with Crippen LogP contribution in [0.2, 0.25) is 0 Å². The van der Waals surface area contributed by atoms with Crippen molar-refractivity contribution in [3.8, 4) is 73.3 Å². The Labute approximate surface area is 920 Å². The molecule has 804 valence electrons. The highest BCUT2D eigenvalue weighted by Crippen LogP contribution is 2.54. The van der Waals surface area contributed by atoms with E-state index in [0.717, 1.165) is 251 Å². The molecule has 0 spiro atoms. The number of hydrogen-bond donors (Lipinski definition) is 7. The van der Waals surface area contributed by atoms with Gasteiger partial charge in [0.25, 0.3) is 0 Å². The van der Waals surface area contributed by atoms with Gasteiger partial charge in [-0.15, -0.1) is 68.0 Å². The van der Waals surface area contributed by atoms with Crippen LogP contribution < -0.4 is 63.8 Å². The number of hydrogen-bond acceptors (Lipinski definition) is 25. The smallest absolute Gasteiger partial charge is 0.185 e. The summed E-state index contributed by atoms with van der Waals surface area (Å²) in [6, 6.07) is 37.1. The van der Waals surface area contributed by atoms with Crippen LogP contribution in [0, 0.1) is 19.8 Å². The molecule has 6 aliphatic heterocycles. The Balaban J connectivity index is 0.000000113. The highest BCUT2D eigenvalue weighted by Gasteiger charge is 2.44. The number of benzene rings is 6. The molecule has 6 saturated heterocycles. The predicted molar refractivity (Wildman–Crippen MR) is 643 cm³/mol. The molecule has 6 fully saturated rings. The number of phenolic OH excluding ortho intramolecular Hbond substituents is 1. The first kappa shape index (κ1) is 110. The van der Waals surface area contributed by atoms with Crippen molar-refractivity contribution in [1.29, 1.82) is 0 Å². The van der Waals surface area contributed by atoms with Crippen molar-refractivity contribution in [2.24, 2.45) is 40.3 Å². The fourth-order valence-electron chi connectivity index (χ4n) is 26.1. The van der Waals surface area contributed by atoms with Gasteiger partial charge in [0, 0.05) is 180 Å². The lowest BCUT2D eigenvalue weighted by Gasteiger charge is -2.42. The molecule has 6 aliphatic carbocycles. The second-order valence-corrected chi connectivity index (χ2v) is 55.6. The molecule has 12 aromatic rings. The van der Waals surface area contributed by atoms with Crippen LogP contribution in [0.1, 0.15) is 348 Å². The monoisotopic (exact) mass is 2130 g/mol. The van der Waals surface area contributed by atoms with Crippen molar-refractivity contribution in [2.75, 3.05) is 108 Å². The molecule has 19 nitrogen and oxygen atoms in total. The van der Waals surface area contributed by atoms with E-state index < -0.39 is 0 Å². The van der Waals surface area contributed by atoms with Crippen molar-refractivity contribution >= 4 is 98.8 Å². The minimum atomic E-state index is 0.231. The maximum atomic E-state index is 10.7. The second kappa shape index (κ2) is 45.7. The fraction of sp³-hybridized carbons (Fsp3) is 0.568. The zero-order valence-electron chi connectivity index (χ0n) is 93.3. The lowest BCUT2D eigenvalue weighted by Crippen LogP contribution is -2.39. The molecule has 3 atom stereocenters. The minimum absolute atomic E-state index is 0.231. The van der Waals surface area contributed by atoms with E-state index in [-0.39, 0.29) is 27.1 Å². The number of aryl methyl sites for hydroxylation is 3. The maximum Gasteiger partial charge on any atom is 0.185 e. The summed E-state index contributed by atoms with van der Waals surface area (Å²) in [6.07, 6.45) is 28.6. The van der Waals surface area contributed by atoms with Gasteiger partial charge in [0.05, 0.1) is 34.2 Å². The zero-order valence-corrected chi connectivity index (χ0v) is 98.2. The number of aromatic nitrogens is 6. The van der Waals surface area contributed by atoms with Crippen LogP contribution in [0.4, 0.5) is 30.8 Å². The topological polar surface area (TPSA) is 273 Å². The van der Waals surface area contributed by atoms with Gasteiger partial charge in [-0.2, -0.15) is 0 Å². The summed E-state index contributed by atoms with van der Waals surface area (Å²) in [6.45, 7) is 54.6. The van der Waals surface area contributed by atoms with E-state index in [2.05, 4.69) is 277 Å². The number of thiazole rings is 6. The maximum absolute atomic E-state index is 10.7. The van der Waals surface area contributed by atoms with Gasteiger partial charge in [0.1, 0.15) is 5.75 Å². The molecule has 6 aromatic carbocycles. The Morgan fingerprint density at radius 2 is 0.633 bits per heavy atom. The number of piperidine rings is 6. The molecular formula is C125H172N18OS6. The highest BCUT2D eigenvalue weighted by molar-refractivity contribution is 7.15. The number of anilines is 6. The van der Waals surface area contributed by atoms with Crippen LogP contribution in [0.25, 0.3) is 67.5 Å². The van der Waals surface area contributed by atoms with Crippen LogP contribution in [0.3, 0.4) is 0 Å². The van der Waals surface area contributed by atoms with E-state index in [1.807, 2.05) is 0 Å². The van der Waals surface area contributed by atoms with Crippen molar-refractivity contribution in [1.82, 2.24) is 29.9 Å². The van der Waals surface area contributed by atoms with Crippen LogP contribution in [-0.4, -0.2) is 150 Å². The SMILES string of the molecule is CC(C)C1CCC(C)(C)c2ccc(-c3csc(N4CCC(N)CC4)n3)cc21.CC1(C)CC(C)(C)c2cc(-c3csc(N4CCC(N)CC4)n3)ccc21.CC1(C)CCCc2cc(-c3csc(N4CCC(N)CC4)n3)ccc21.CC1CCC(C)c2cc(-c3csc(N4CCC(N)CC4)n3)ccc21.Cc1cc(-c2csc(N3CCC(N)CC3)n2)c(O)c2c1CCC2.Cc1cc2c(cc1-c1csc(N3CCC(N)CC3)n1)C(C)(C)CCC2(C)C. The molecule has 0 radical (unpaired) electrons. The van der Waals surface area contributed by atoms with Crippen molar-refractivity contribution in [3.05, 3.63) is 201 Å². The molecule has 12 aliphatic rings. The van der Waals surface area contributed by atoms with Crippen molar-refractivity contribution in [3.63, 3.8) is 0 Å². The van der Waals surface area contributed by atoms with E-state index in [4.69, 9.17) is 64.3 Å². The predicted octanol–water partition coefficient (Wildman–Crippen LogP) is 28.0. The largest absolute Gasteiger partial charge is 0.507 e. The Hall–Kier alpha value is -8.54. The molecule has 25 heteroatoms. The number of nitrogens with zero attached hydrogens (tertiary/aromatic N) is 12. The van der Waals surface area contributed by atoms with Crippen LogP contribution >= 0.6 is 68.0 Å². The molecule has 6 aromatic heterocycles. The number of nitrogens with two attached hydrogens (primary N) is 6. The first-order valence-corrected chi connectivity index (χ1v) is 62.2. The Bertz CT molecular complexity index is 6630. The van der Waals surface area contributed by atoms with Crippen LogP contribution in [0.15, 0.2) is 123 Å². The standard InChI is InChI=1S/2C23H33N3S.C21H29N3S.2C20H27N3S.C18H23N3OS/c1-15-12-18-19(23(4,5)9-8-22(18,2)3)13-17(15)20-14-27-21(25-20)26-10-6-16(24)7-11-26;1-15(2)18-7-10-23(3,4)20-6-5-16(13-19(18)20)21-14-27-22(25-21)26-11-8-17(24)9-12-26;1-20(2)13-21(3,4)17-11-14(5-6-16(17)20)18-12-25-19(23-18)24-9-7-15(22)8-10-24;1-13-3-4-14(2)18-11-15(5-6-17(13)18)19-12-24-20(22-19)23-9-7-16(21)8-10-23;1-20(2)9-3-4-14-12-15(5-6-17(14)20)18-13-24-19(22-18)23-10-7-16(21)8-11-23;1-11-9-15(17(22)14-4-2-3-13(11)14)16-10-23-18(20-16)21-7-5-12(19)6-8-21/h12-14,16H,6-11,24H2,1-5H3;5-6,13-15,17-18H,7-12,24H2,1-4H3;5-6,11-12,15H,7-10,13,22H2,1-4H3;5-6,11-14,16H,3-4,7-10,21H2,1-2H3;5-6,12-13,16H,3-4,7-11,21H2,1-2H3;9-10,12,22H,2-8,19H2,1H3. The summed E-state index contributed by atoms with van der Waals surface area (Å²) in [7, 11) is 0. The van der Waals surface area contributed by atoms with Crippen LogP contribution in [0.5, 0.6) is 5.75 Å². The zero-order chi connectivity index (χ0) is 106. The molecule has 0 saturated carbocycles. The summed E-state index contributed by atoms with van der Waals surface area (Å²) in [4.78, 5) is 43.9. The average molecular weight is 2140 g/mol. The van der Waals surface area contributed by atoms with E-state index in [0.29, 0.717) is 71.1 Å². The highest BCUT2D eigenvalue weighted by atomic mass is 32.1. The first-order chi connectivity index (χ1) is 71.6. The summed E-state index contributed by atoms with van der Waals surface area (Å²) in [5, 5.41) is 30.6. The normalized spacial score (nSPS) is 21.9. The fourth-order valence-corrected chi connectivity index (χ4v) is 31.4. The van der Waals surface area contributed by atoms with E-state index in [1.165, 1.54) is 159 Å². The third-order valence-corrected chi connectivity index (χ3v) is 41.4. The molecule has 12 heterocycles. The lowest BCUT2D eigenvalue weighted by molar-refractivity contribution is 0.332. The molecule has 0 bridgehead atoms.